The molecule has 142 valence electrons. The molecule has 0 spiro atoms. The Morgan fingerprint density at radius 2 is 1.62 bits per heavy atom. The van der Waals surface area contributed by atoms with E-state index in [9.17, 15) is 4.79 Å². The van der Waals surface area contributed by atoms with E-state index in [4.69, 9.17) is 14.5 Å². The summed E-state index contributed by atoms with van der Waals surface area (Å²) in [4.78, 5) is 20.2. The van der Waals surface area contributed by atoms with Gasteiger partial charge < -0.3 is 9.47 Å². The number of anilines is 1. The maximum absolute atomic E-state index is 13.2. The molecule has 2 aliphatic rings. The van der Waals surface area contributed by atoms with Gasteiger partial charge in [0.25, 0.3) is 5.91 Å². The monoisotopic (exact) mass is 400 g/mol. The Labute approximate surface area is 172 Å². The van der Waals surface area contributed by atoms with Crippen molar-refractivity contribution in [1.29, 1.82) is 0 Å². The lowest BCUT2D eigenvalue weighted by Crippen LogP contribution is -2.28. The van der Waals surface area contributed by atoms with Crippen molar-refractivity contribution < 1.29 is 14.3 Å². The van der Waals surface area contributed by atoms with Gasteiger partial charge in [-0.25, -0.2) is 4.99 Å². The molecule has 3 aromatic rings. The summed E-state index contributed by atoms with van der Waals surface area (Å²) in [6.07, 6.45) is 1.86. The van der Waals surface area contributed by atoms with E-state index in [1.807, 2.05) is 84.9 Å². The predicted octanol–water partition coefficient (Wildman–Crippen LogP) is 5.22. The molecule has 3 aromatic carbocycles. The smallest absolute Gasteiger partial charge is 0.271 e. The van der Waals surface area contributed by atoms with Crippen LogP contribution in [-0.2, 0) is 4.79 Å². The van der Waals surface area contributed by atoms with Crippen LogP contribution in [0.5, 0.6) is 11.5 Å². The molecule has 0 aromatic heterocycles. The molecule has 0 atom stereocenters. The highest BCUT2D eigenvalue weighted by atomic mass is 32.2. The number of para-hydroxylation sites is 2. The van der Waals surface area contributed by atoms with Gasteiger partial charge in [-0.15, -0.1) is 0 Å². The van der Waals surface area contributed by atoms with Crippen molar-refractivity contribution in [1.82, 2.24) is 0 Å². The second-order valence-corrected chi connectivity index (χ2v) is 7.44. The van der Waals surface area contributed by atoms with E-state index in [1.54, 1.807) is 4.90 Å². The van der Waals surface area contributed by atoms with Gasteiger partial charge in [0.2, 0.25) is 6.79 Å². The number of aliphatic imine (C=N–C) groups is 1. The molecule has 0 bridgehead atoms. The minimum absolute atomic E-state index is 0.103. The van der Waals surface area contributed by atoms with Gasteiger partial charge in [-0.3, -0.25) is 9.69 Å². The average molecular weight is 400 g/mol. The van der Waals surface area contributed by atoms with Crippen LogP contribution in [-0.4, -0.2) is 17.9 Å². The molecule has 1 saturated heterocycles. The molecule has 1 fully saturated rings. The second kappa shape index (κ2) is 7.48. The molecule has 1 amide bonds. The second-order valence-electron chi connectivity index (χ2n) is 6.43. The lowest BCUT2D eigenvalue weighted by atomic mass is 10.2. The highest BCUT2D eigenvalue weighted by Gasteiger charge is 2.34. The third kappa shape index (κ3) is 3.50. The summed E-state index contributed by atoms with van der Waals surface area (Å²) in [6, 6.07) is 24.8. The fourth-order valence-corrected chi connectivity index (χ4v) is 4.12. The Kier molecular flexibility index (Phi) is 4.54. The highest BCUT2D eigenvalue weighted by molar-refractivity contribution is 8.19. The fraction of sp³-hybridized carbons (Fsp3) is 0.0435. The molecule has 6 heteroatoms. The number of hydrogen-bond acceptors (Lipinski definition) is 5. The molecule has 0 aliphatic carbocycles. The zero-order valence-electron chi connectivity index (χ0n) is 15.3. The van der Waals surface area contributed by atoms with Crippen molar-refractivity contribution in [3.63, 3.8) is 0 Å². The van der Waals surface area contributed by atoms with E-state index in [0.717, 1.165) is 22.7 Å². The largest absolute Gasteiger partial charge is 0.454 e. The maximum Gasteiger partial charge on any atom is 0.271 e. The summed E-state index contributed by atoms with van der Waals surface area (Å²) in [7, 11) is 0. The van der Waals surface area contributed by atoms with Crippen LogP contribution in [0.25, 0.3) is 6.08 Å². The van der Waals surface area contributed by atoms with Gasteiger partial charge in [0, 0.05) is 0 Å². The molecule has 2 aliphatic heterocycles. The van der Waals surface area contributed by atoms with Crippen molar-refractivity contribution in [2.24, 2.45) is 4.99 Å². The van der Waals surface area contributed by atoms with Crippen LogP contribution in [0.15, 0.2) is 88.8 Å². The molecule has 5 nitrogen and oxygen atoms in total. The molecule has 0 unspecified atom stereocenters. The van der Waals surface area contributed by atoms with E-state index in [2.05, 4.69) is 0 Å². The first-order valence-electron chi connectivity index (χ1n) is 9.10. The number of thioether (sulfide) groups is 1. The molecule has 5 rings (SSSR count). The average Bonchev–Trinajstić information content (AvgIpc) is 3.34. The zero-order chi connectivity index (χ0) is 19.6. The number of amides is 1. The van der Waals surface area contributed by atoms with Gasteiger partial charge in [-0.2, -0.15) is 0 Å². The van der Waals surface area contributed by atoms with Gasteiger partial charge in [-0.05, 0) is 59.8 Å². The molecular weight excluding hydrogens is 384 g/mol. The number of ether oxygens (including phenoxy) is 2. The van der Waals surface area contributed by atoms with Crippen LogP contribution in [0.1, 0.15) is 5.56 Å². The van der Waals surface area contributed by atoms with Crippen molar-refractivity contribution >= 4 is 40.3 Å². The molecule has 2 heterocycles. The number of benzene rings is 3. The lowest BCUT2D eigenvalue weighted by molar-refractivity contribution is -0.113. The third-order valence-corrected chi connectivity index (χ3v) is 5.46. The first-order valence-corrected chi connectivity index (χ1v) is 9.92. The fourth-order valence-electron chi connectivity index (χ4n) is 3.12. The van der Waals surface area contributed by atoms with Gasteiger partial charge in [0.1, 0.15) is 0 Å². The maximum atomic E-state index is 13.2. The normalized spacial score (nSPS) is 18.1. The van der Waals surface area contributed by atoms with Crippen LogP contribution in [0, 0.1) is 0 Å². The number of carbonyl (C=O) groups excluding carboxylic acids is 1. The predicted molar refractivity (Wildman–Crippen MR) is 116 cm³/mol. The van der Waals surface area contributed by atoms with Crippen LogP contribution in [0.2, 0.25) is 0 Å². The summed E-state index contributed by atoms with van der Waals surface area (Å²) in [6.45, 7) is 0.221. The van der Waals surface area contributed by atoms with E-state index in [0.29, 0.717) is 15.8 Å². The van der Waals surface area contributed by atoms with Crippen LogP contribution in [0.4, 0.5) is 11.4 Å². The minimum Gasteiger partial charge on any atom is -0.454 e. The van der Waals surface area contributed by atoms with Crippen LogP contribution >= 0.6 is 11.8 Å². The minimum atomic E-state index is -0.103. The quantitative estimate of drug-likeness (QED) is 0.566. The Bertz CT molecular complexity index is 1130. The molecule has 0 N–H and O–H groups in total. The Balaban J connectivity index is 1.54. The number of fused-ring (bicyclic) bond motifs is 1. The van der Waals surface area contributed by atoms with Crippen molar-refractivity contribution in [2.45, 2.75) is 0 Å². The zero-order valence-corrected chi connectivity index (χ0v) is 16.1. The van der Waals surface area contributed by atoms with Gasteiger partial charge in [0.05, 0.1) is 16.3 Å². The standard InChI is InChI=1S/C23H16N2O3S/c26-22-21(14-16-11-12-19-20(13-16)28-15-27-19)29-23(24-17-7-3-1-4-8-17)25(22)18-9-5-2-6-10-18/h1-14H,15H2/b21-14-,24-23-. The Morgan fingerprint density at radius 1 is 0.897 bits per heavy atom. The van der Waals surface area contributed by atoms with E-state index in [-0.39, 0.29) is 12.7 Å². The summed E-state index contributed by atoms with van der Waals surface area (Å²) in [5.41, 5.74) is 2.46. The first kappa shape index (κ1) is 17.6. The third-order valence-electron chi connectivity index (χ3n) is 4.50. The number of amidine groups is 1. The van der Waals surface area contributed by atoms with Gasteiger partial charge in [0.15, 0.2) is 16.7 Å². The van der Waals surface area contributed by atoms with E-state index >= 15 is 0 Å². The van der Waals surface area contributed by atoms with Crippen LogP contribution < -0.4 is 14.4 Å². The van der Waals surface area contributed by atoms with Crippen molar-refractivity contribution in [2.75, 3.05) is 11.7 Å². The van der Waals surface area contributed by atoms with Gasteiger partial charge >= 0.3 is 0 Å². The molecule has 29 heavy (non-hydrogen) atoms. The number of carbonyl (C=O) groups is 1. The molecule has 0 saturated carbocycles. The topological polar surface area (TPSA) is 51.1 Å². The number of rotatable bonds is 3. The Morgan fingerprint density at radius 3 is 2.41 bits per heavy atom. The first-order chi connectivity index (χ1) is 14.3. The van der Waals surface area contributed by atoms with Crippen molar-refractivity contribution in [3.05, 3.63) is 89.3 Å². The van der Waals surface area contributed by atoms with E-state index < -0.39 is 0 Å². The Hall–Kier alpha value is -3.51. The van der Waals surface area contributed by atoms with Gasteiger partial charge in [-0.1, -0.05) is 42.5 Å². The number of nitrogens with zero attached hydrogens (tertiary/aromatic N) is 2. The lowest BCUT2D eigenvalue weighted by Gasteiger charge is -2.15. The van der Waals surface area contributed by atoms with Crippen molar-refractivity contribution in [3.8, 4) is 11.5 Å². The van der Waals surface area contributed by atoms with E-state index in [1.165, 1.54) is 11.8 Å². The summed E-state index contributed by atoms with van der Waals surface area (Å²) >= 11 is 1.36. The number of hydrogen-bond donors (Lipinski definition) is 0. The van der Waals surface area contributed by atoms with Crippen LogP contribution in [0.3, 0.4) is 0 Å². The highest BCUT2D eigenvalue weighted by Crippen LogP contribution is 2.39. The SMILES string of the molecule is O=C1/C(=C/c2ccc3c(c2)OCO3)S/C(=N\c2ccccc2)N1c1ccccc1. The molecule has 0 radical (unpaired) electrons. The summed E-state index contributed by atoms with van der Waals surface area (Å²) in [5.74, 6) is 1.30. The summed E-state index contributed by atoms with van der Waals surface area (Å²) < 4.78 is 10.8. The molecular formula is C23H16N2O3S. The summed E-state index contributed by atoms with van der Waals surface area (Å²) in [5, 5.41) is 0.624.